The number of carbonyl (C=O) groups is 1. The molecule has 1 fully saturated rings. The maximum atomic E-state index is 10.8. The van der Waals surface area contributed by atoms with Gasteiger partial charge in [0.15, 0.2) is 6.39 Å². The van der Waals surface area contributed by atoms with Crippen molar-refractivity contribution in [2.24, 2.45) is 0 Å². The molecule has 0 bridgehead atoms. The number of carboxylic acids is 1. The van der Waals surface area contributed by atoms with E-state index in [2.05, 4.69) is 10.3 Å². The molecular formula is C9H12N2O3. The van der Waals surface area contributed by atoms with Crippen molar-refractivity contribution in [3.8, 4) is 0 Å². The number of hydrogen-bond acceptors (Lipinski definition) is 4. The first-order valence-electron chi connectivity index (χ1n) is 4.66. The fraction of sp³-hybridized carbons (Fsp3) is 0.556. The Hall–Kier alpha value is -1.36. The van der Waals surface area contributed by atoms with Crippen LogP contribution in [0.4, 0.5) is 0 Å². The van der Waals surface area contributed by atoms with Crippen LogP contribution in [0.2, 0.25) is 0 Å². The molecule has 1 atom stereocenters. The molecule has 1 aliphatic rings. The van der Waals surface area contributed by atoms with Crippen LogP contribution >= 0.6 is 0 Å². The fourth-order valence-corrected chi connectivity index (χ4v) is 1.79. The summed E-state index contributed by atoms with van der Waals surface area (Å²) in [4.78, 5) is 14.7. The molecule has 1 saturated heterocycles. The number of carboxylic acid groups (broad SMARTS) is 1. The monoisotopic (exact) mass is 196 g/mol. The number of aromatic nitrogens is 1. The largest absolute Gasteiger partial charge is 0.475 e. The molecule has 76 valence electrons. The SMILES string of the molecule is O=C(O)c1ocnc1C1CCCNC1. The lowest BCUT2D eigenvalue weighted by atomic mass is 9.95. The summed E-state index contributed by atoms with van der Waals surface area (Å²) in [7, 11) is 0. The quantitative estimate of drug-likeness (QED) is 0.733. The molecule has 0 saturated carbocycles. The predicted molar refractivity (Wildman–Crippen MR) is 48.3 cm³/mol. The second-order valence-electron chi connectivity index (χ2n) is 3.42. The summed E-state index contributed by atoms with van der Waals surface area (Å²) in [5.41, 5.74) is 0.574. The maximum Gasteiger partial charge on any atom is 0.373 e. The lowest BCUT2D eigenvalue weighted by Crippen LogP contribution is -2.29. The van der Waals surface area contributed by atoms with Gasteiger partial charge in [0.2, 0.25) is 5.76 Å². The highest BCUT2D eigenvalue weighted by Gasteiger charge is 2.25. The van der Waals surface area contributed by atoms with Crippen molar-refractivity contribution in [2.45, 2.75) is 18.8 Å². The van der Waals surface area contributed by atoms with Gasteiger partial charge in [-0.1, -0.05) is 0 Å². The van der Waals surface area contributed by atoms with Crippen LogP contribution in [0.5, 0.6) is 0 Å². The fourth-order valence-electron chi connectivity index (χ4n) is 1.79. The molecular weight excluding hydrogens is 184 g/mol. The lowest BCUT2D eigenvalue weighted by Gasteiger charge is -2.20. The molecule has 1 aromatic heterocycles. The highest BCUT2D eigenvalue weighted by Crippen LogP contribution is 2.24. The Morgan fingerprint density at radius 1 is 1.71 bits per heavy atom. The minimum absolute atomic E-state index is 0.0151. The minimum Gasteiger partial charge on any atom is -0.475 e. The lowest BCUT2D eigenvalue weighted by molar-refractivity contribution is 0.0659. The summed E-state index contributed by atoms with van der Waals surface area (Å²) in [5, 5.41) is 12.0. The molecule has 1 aromatic rings. The standard InChI is InChI=1S/C9H12N2O3/c12-9(13)8-7(11-5-14-8)6-2-1-3-10-4-6/h5-6,10H,1-4H2,(H,12,13). The van der Waals surface area contributed by atoms with Crippen LogP contribution < -0.4 is 5.32 Å². The normalized spacial score (nSPS) is 22.1. The topological polar surface area (TPSA) is 75.4 Å². The highest BCUT2D eigenvalue weighted by molar-refractivity contribution is 5.85. The van der Waals surface area contributed by atoms with Crippen LogP contribution in [-0.4, -0.2) is 29.1 Å². The Morgan fingerprint density at radius 2 is 2.57 bits per heavy atom. The zero-order valence-corrected chi connectivity index (χ0v) is 7.69. The Balaban J connectivity index is 2.21. The van der Waals surface area contributed by atoms with E-state index in [-0.39, 0.29) is 11.7 Å². The molecule has 0 amide bonds. The van der Waals surface area contributed by atoms with Crippen molar-refractivity contribution >= 4 is 5.97 Å². The van der Waals surface area contributed by atoms with Gasteiger partial charge < -0.3 is 14.8 Å². The van der Waals surface area contributed by atoms with E-state index in [1.807, 2.05) is 0 Å². The van der Waals surface area contributed by atoms with Gasteiger partial charge in [-0.05, 0) is 19.4 Å². The molecule has 0 radical (unpaired) electrons. The molecule has 2 N–H and O–H groups in total. The van der Waals surface area contributed by atoms with E-state index in [0.717, 1.165) is 25.9 Å². The van der Waals surface area contributed by atoms with E-state index >= 15 is 0 Å². The third-order valence-corrected chi connectivity index (χ3v) is 2.47. The van der Waals surface area contributed by atoms with E-state index in [1.165, 1.54) is 6.39 Å². The van der Waals surface area contributed by atoms with Crippen LogP contribution in [0, 0.1) is 0 Å². The number of nitrogens with zero attached hydrogens (tertiary/aromatic N) is 1. The van der Waals surface area contributed by atoms with Gasteiger partial charge in [-0.25, -0.2) is 9.78 Å². The molecule has 14 heavy (non-hydrogen) atoms. The van der Waals surface area contributed by atoms with Gasteiger partial charge >= 0.3 is 5.97 Å². The van der Waals surface area contributed by atoms with E-state index in [1.54, 1.807) is 0 Å². The van der Waals surface area contributed by atoms with Crippen LogP contribution in [0.3, 0.4) is 0 Å². The summed E-state index contributed by atoms with van der Waals surface area (Å²) in [6.45, 7) is 1.78. The first kappa shape index (κ1) is 9.21. The zero-order valence-electron chi connectivity index (χ0n) is 7.69. The number of piperidine rings is 1. The number of rotatable bonds is 2. The summed E-state index contributed by atoms with van der Waals surface area (Å²) in [5.74, 6) is -0.879. The van der Waals surface area contributed by atoms with Crippen LogP contribution in [0.1, 0.15) is 35.0 Å². The Bertz CT molecular complexity index is 329. The van der Waals surface area contributed by atoms with Gasteiger partial charge in [-0.15, -0.1) is 0 Å². The summed E-state index contributed by atoms with van der Waals surface area (Å²) in [6, 6.07) is 0. The number of nitrogens with one attached hydrogen (secondary N) is 1. The predicted octanol–water partition coefficient (Wildman–Crippen LogP) is 0.840. The van der Waals surface area contributed by atoms with Crippen LogP contribution in [0.15, 0.2) is 10.8 Å². The molecule has 0 spiro atoms. The van der Waals surface area contributed by atoms with Crippen molar-refractivity contribution in [3.63, 3.8) is 0 Å². The number of hydrogen-bond donors (Lipinski definition) is 2. The van der Waals surface area contributed by atoms with E-state index in [9.17, 15) is 4.79 Å². The summed E-state index contributed by atoms with van der Waals surface area (Å²) < 4.78 is 4.84. The third kappa shape index (κ3) is 1.63. The Kier molecular flexibility index (Phi) is 2.49. The molecule has 2 heterocycles. The summed E-state index contributed by atoms with van der Waals surface area (Å²) in [6.07, 6.45) is 3.23. The average Bonchev–Trinajstić information content (AvgIpc) is 2.67. The number of oxazole rings is 1. The Morgan fingerprint density at radius 3 is 3.21 bits per heavy atom. The first-order valence-corrected chi connectivity index (χ1v) is 4.66. The van der Waals surface area contributed by atoms with Crippen LogP contribution in [0.25, 0.3) is 0 Å². The van der Waals surface area contributed by atoms with E-state index in [4.69, 9.17) is 9.52 Å². The van der Waals surface area contributed by atoms with Gasteiger partial charge in [-0.2, -0.15) is 0 Å². The third-order valence-electron chi connectivity index (χ3n) is 2.47. The minimum atomic E-state index is -1.04. The van der Waals surface area contributed by atoms with E-state index < -0.39 is 5.97 Å². The zero-order chi connectivity index (χ0) is 9.97. The molecule has 1 unspecified atom stereocenters. The van der Waals surface area contributed by atoms with Gasteiger partial charge in [0.1, 0.15) is 0 Å². The second kappa shape index (κ2) is 3.79. The van der Waals surface area contributed by atoms with Crippen molar-refractivity contribution < 1.29 is 14.3 Å². The van der Waals surface area contributed by atoms with Gasteiger partial charge in [0, 0.05) is 12.5 Å². The molecule has 1 aliphatic heterocycles. The van der Waals surface area contributed by atoms with Crippen molar-refractivity contribution in [1.29, 1.82) is 0 Å². The smallest absolute Gasteiger partial charge is 0.373 e. The average molecular weight is 196 g/mol. The Labute approximate surface area is 81.1 Å². The van der Waals surface area contributed by atoms with Gasteiger partial charge in [-0.3, -0.25) is 0 Å². The number of aromatic carboxylic acids is 1. The summed E-state index contributed by atoms with van der Waals surface area (Å²) >= 11 is 0. The molecule has 2 rings (SSSR count). The van der Waals surface area contributed by atoms with Gasteiger partial charge in [0.25, 0.3) is 0 Å². The molecule has 5 nitrogen and oxygen atoms in total. The van der Waals surface area contributed by atoms with Crippen molar-refractivity contribution in [2.75, 3.05) is 13.1 Å². The maximum absolute atomic E-state index is 10.8. The molecule has 0 aromatic carbocycles. The highest BCUT2D eigenvalue weighted by atomic mass is 16.4. The van der Waals surface area contributed by atoms with Gasteiger partial charge in [0.05, 0.1) is 5.69 Å². The van der Waals surface area contributed by atoms with E-state index in [0.29, 0.717) is 5.69 Å². The van der Waals surface area contributed by atoms with Crippen molar-refractivity contribution in [1.82, 2.24) is 10.3 Å². The van der Waals surface area contributed by atoms with Crippen molar-refractivity contribution in [3.05, 3.63) is 17.8 Å². The molecule has 0 aliphatic carbocycles. The first-order chi connectivity index (χ1) is 6.79. The van der Waals surface area contributed by atoms with Crippen LogP contribution in [-0.2, 0) is 0 Å². The second-order valence-corrected chi connectivity index (χ2v) is 3.42. The molecule has 5 heteroatoms.